The fourth-order valence-electron chi connectivity index (χ4n) is 9.40. The molecule has 0 saturated heterocycles. The first-order chi connectivity index (χ1) is 30.7. The van der Waals surface area contributed by atoms with Gasteiger partial charge in [0.1, 0.15) is 0 Å². The molecule has 4 heterocycles. The second kappa shape index (κ2) is 14.1. The Hall–Kier alpha value is -8.48. The van der Waals surface area contributed by atoms with Gasteiger partial charge in [-0.3, -0.25) is 4.90 Å². The van der Waals surface area contributed by atoms with Gasteiger partial charge in [0.05, 0.1) is 33.6 Å². The van der Waals surface area contributed by atoms with Gasteiger partial charge in [-0.25, -0.2) is 9.97 Å². The fraction of sp³-hybridized carbons (Fsp3) is 0. The van der Waals surface area contributed by atoms with Gasteiger partial charge in [0.2, 0.25) is 5.95 Å². The highest BCUT2D eigenvalue weighted by atomic mass is 15.3. The Bertz CT molecular complexity index is 3680. The van der Waals surface area contributed by atoms with E-state index in [0.717, 1.165) is 72.3 Å². The number of aromatic nitrogens is 5. The Balaban J connectivity index is 1.10. The third kappa shape index (κ3) is 5.37. The molecule has 0 aliphatic carbocycles. The molecular formula is C56H36N6. The van der Waals surface area contributed by atoms with E-state index >= 15 is 0 Å². The molecular weight excluding hydrogens is 757 g/mol. The molecule has 0 atom stereocenters. The predicted octanol–water partition coefficient (Wildman–Crippen LogP) is 14.4. The van der Waals surface area contributed by atoms with Gasteiger partial charge in [-0.05, 0) is 69.8 Å². The van der Waals surface area contributed by atoms with E-state index in [4.69, 9.17) is 19.9 Å². The van der Waals surface area contributed by atoms with Gasteiger partial charge in [0.15, 0.2) is 11.6 Å². The number of fused-ring (bicyclic) bond motifs is 9. The van der Waals surface area contributed by atoms with E-state index in [1.54, 1.807) is 12.2 Å². The minimum atomic E-state index is 0.490. The molecule has 0 spiro atoms. The van der Waals surface area contributed by atoms with Crippen molar-refractivity contribution in [2.24, 2.45) is 0 Å². The summed E-state index contributed by atoms with van der Waals surface area (Å²) >= 11 is 0. The van der Waals surface area contributed by atoms with E-state index < -0.39 is 0 Å². The first-order valence-electron chi connectivity index (χ1n) is 20.7. The maximum atomic E-state index is 5.47. The van der Waals surface area contributed by atoms with E-state index in [1.165, 1.54) is 32.6 Å². The standard InChI is InChI=1S/C56H36N6/c1-3-16-35(4-2)54-58-55(38-18-6-5-7-19-38)60-56(59-54)62-47-27-14-23-41(51(47)53-52-43(24-15-28-48(52)62)42-21-10-12-25-45(42)57-53)37-29-32-39(33-30-37)61-46-26-13-11-22-44(46)50-40-20-9-8-17-36(40)31-34-49(50)61/h3-34H,1-2H2/b35-16+. The van der Waals surface area contributed by atoms with Crippen LogP contribution in [0.3, 0.4) is 0 Å². The Morgan fingerprint density at radius 1 is 0.500 bits per heavy atom. The van der Waals surface area contributed by atoms with Crippen molar-refractivity contribution in [3.05, 3.63) is 213 Å². The van der Waals surface area contributed by atoms with Gasteiger partial charge in [-0.1, -0.05) is 165 Å². The molecule has 62 heavy (non-hydrogen) atoms. The van der Waals surface area contributed by atoms with Crippen molar-refractivity contribution < 1.29 is 0 Å². The highest BCUT2D eigenvalue weighted by molar-refractivity contribution is 6.22. The highest BCUT2D eigenvalue weighted by Gasteiger charge is 2.32. The summed E-state index contributed by atoms with van der Waals surface area (Å²) in [7, 11) is 0. The van der Waals surface area contributed by atoms with E-state index in [-0.39, 0.29) is 0 Å². The number of rotatable bonds is 7. The largest absolute Gasteiger partial charge is 0.309 e. The molecule has 3 aromatic heterocycles. The Morgan fingerprint density at radius 3 is 2.06 bits per heavy atom. The summed E-state index contributed by atoms with van der Waals surface area (Å²) in [5, 5.41) is 8.22. The molecule has 0 unspecified atom stereocenters. The van der Waals surface area contributed by atoms with Crippen LogP contribution in [0.2, 0.25) is 0 Å². The van der Waals surface area contributed by atoms with Crippen molar-refractivity contribution in [2.45, 2.75) is 0 Å². The lowest BCUT2D eigenvalue weighted by Crippen LogP contribution is -2.20. The first kappa shape index (κ1) is 35.5. The molecule has 1 aliphatic rings. The first-order valence-corrected chi connectivity index (χ1v) is 20.7. The predicted molar refractivity (Wildman–Crippen MR) is 257 cm³/mol. The zero-order chi connectivity index (χ0) is 41.3. The average molecular weight is 793 g/mol. The lowest BCUT2D eigenvalue weighted by molar-refractivity contribution is 0.995. The third-order valence-electron chi connectivity index (χ3n) is 12.1. The van der Waals surface area contributed by atoms with Gasteiger partial charge in [-0.2, -0.15) is 9.97 Å². The van der Waals surface area contributed by atoms with E-state index in [9.17, 15) is 0 Å². The van der Waals surface area contributed by atoms with E-state index in [2.05, 4.69) is 168 Å². The number of hydrogen-bond acceptors (Lipinski definition) is 5. The molecule has 0 N–H and O–H groups in total. The van der Waals surface area contributed by atoms with Crippen LogP contribution >= 0.6 is 0 Å². The van der Waals surface area contributed by atoms with Crippen molar-refractivity contribution in [2.75, 3.05) is 4.90 Å². The summed E-state index contributed by atoms with van der Waals surface area (Å²) in [5.41, 5.74) is 11.9. The molecule has 0 saturated carbocycles. The van der Waals surface area contributed by atoms with Crippen LogP contribution in [0.1, 0.15) is 5.82 Å². The maximum absolute atomic E-state index is 5.47. The number of pyridine rings is 1. The van der Waals surface area contributed by atoms with Crippen LogP contribution in [-0.2, 0) is 0 Å². The molecule has 8 aromatic carbocycles. The lowest BCUT2D eigenvalue weighted by atomic mass is 9.88. The van der Waals surface area contributed by atoms with Crippen molar-refractivity contribution in [3.63, 3.8) is 0 Å². The van der Waals surface area contributed by atoms with Gasteiger partial charge in [0.25, 0.3) is 0 Å². The molecule has 0 radical (unpaired) electrons. The Labute approximate surface area is 357 Å². The Morgan fingerprint density at radius 2 is 1.23 bits per heavy atom. The van der Waals surface area contributed by atoms with Crippen molar-refractivity contribution in [1.82, 2.24) is 24.5 Å². The zero-order valence-corrected chi connectivity index (χ0v) is 33.6. The van der Waals surface area contributed by atoms with Gasteiger partial charge in [0, 0.05) is 43.9 Å². The summed E-state index contributed by atoms with van der Waals surface area (Å²) < 4.78 is 2.38. The summed E-state index contributed by atoms with van der Waals surface area (Å²) in [4.78, 5) is 23.0. The number of hydrogen-bond donors (Lipinski definition) is 0. The maximum Gasteiger partial charge on any atom is 0.238 e. The third-order valence-corrected chi connectivity index (χ3v) is 12.1. The minimum absolute atomic E-state index is 0.490. The van der Waals surface area contributed by atoms with Crippen LogP contribution in [0.15, 0.2) is 207 Å². The number of anilines is 3. The molecule has 11 aromatic rings. The lowest BCUT2D eigenvalue weighted by Gasteiger charge is -2.33. The smallest absolute Gasteiger partial charge is 0.238 e. The van der Waals surface area contributed by atoms with Crippen LogP contribution in [0.4, 0.5) is 17.3 Å². The quantitative estimate of drug-likeness (QED) is 0.119. The van der Waals surface area contributed by atoms with Crippen LogP contribution in [-0.4, -0.2) is 24.5 Å². The summed E-state index contributed by atoms with van der Waals surface area (Å²) in [6.45, 7) is 8.05. The zero-order valence-electron chi connectivity index (χ0n) is 33.6. The second-order valence-electron chi connectivity index (χ2n) is 15.5. The molecule has 0 bridgehead atoms. The molecule has 1 aliphatic heterocycles. The number of nitrogens with zero attached hydrogens (tertiary/aromatic N) is 6. The number of para-hydroxylation sites is 2. The van der Waals surface area contributed by atoms with Gasteiger partial charge >= 0.3 is 0 Å². The fourth-order valence-corrected chi connectivity index (χ4v) is 9.40. The van der Waals surface area contributed by atoms with E-state index in [1.807, 2.05) is 36.4 Å². The summed E-state index contributed by atoms with van der Waals surface area (Å²) in [5.74, 6) is 1.55. The van der Waals surface area contributed by atoms with Gasteiger partial charge in [-0.15, -0.1) is 0 Å². The monoisotopic (exact) mass is 792 g/mol. The van der Waals surface area contributed by atoms with Crippen molar-refractivity contribution in [3.8, 4) is 39.5 Å². The Kier molecular flexibility index (Phi) is 8.05. The van der Waals surface area contributed by atoms with Crippen LogP contribution in [0.25, 0.3) is 99.3 Å². The molecule has 12 rings (SSSR count). The molecule has 0 fully saturated rings. The van der Waals surface area contributed by atoms with E-state index in [0.29, 0.717) is 17.6 Å². The molecule has 6 heteroatoms. The minimum Gasteiger partial charge on any atom is -0.309 e. The topological polar surface area (TPSA) is 59.7 Å². The number of benzene rings is 8. The van der Waals surface area contributed by atoms with Gasteiger partial charge < -0.3 is 4.57 Å². The van der Waals surface area contributed by atoms with Crippen molar-refractivity contribution in [1.29, 1.82) is 0 Å². The van der Waals surface area contributed by atoms with Crippen molar-refractivity contribution >= 4 is 77.1 Å². The number of allylic oxidation sites excluding steroid dienone is 4. The normalized spacial score (nSPS) is 12.4. The highest BCUT2D eigenvalue weighted by Crippen LogP contribution is 2.53. The molecule has 290 valence electrons. The average Bonchev–Trinajstić information content (AvgIpc) is 3.68. The van der Waals surface area contributed by atoms with Crippen LogP contribution < -0.4 is 4.90 Å². The summed E-state index contributed by atoms with van der Waals surface area (Å²) in [6.07, 6.45) is 5.36. The second-order valence-corrected chi connectivity index (χ2v) is 15.5. The molecule has 6 nitrogen and oxygen atoms in total. The van der Waals surface area contributed by atoms with Crippen LogP contribution in [0.5, 0.6) is 0 Å². The summed E-state index contributed by atoms with van der Waals surface area (Å²) in [6, 6.07) is 62.1. The molecule has 0 amide bonds. The SMILES string of the molecule is C=C/C=C(\C=C)c1nc(-c2ccccc2)nc(N2c3cccc(-c4ccc(-n5c6ccccc6c6c7ccccc7ccc65)cc4)c3-c3nc4ccccc4c4cccc2c34)n1. The van der Waals surface area contributed by atoms with Crippen LogP contribution in [0, 0.1) is 0 Å².